The molecule has 0 N–H and O–H groups in total. The number of benzene rings is 1. The molecule has 3 rings (SSSR count). The van der Waals surface area contributed by atoms with Gasteiger partial charge >= 0.3 is 5.69 Å². The molecule has 0 saturated heterocycles. The van der Waals surface area contributed by atoms with Gasteiger partial charge in [0, 0.05) is 18.7 Å². The molecule has 0 spiro atoms. The minimum Gasteiger partial charge on any atom is -0.298 e. The smallest absolute Gasteiger partial charge is 0.298 e. The number of imidazole rings is 1. The first-order valence-electron chi connectivity index (χ1n) is 5.38. The second-order valence-electron chi connectivity index (χ2n) is 4.31. The minimum absolute atomic E-state index is 0.0144. The molecule has 4 nitrogen and oxygen atoms in total. The average molecular weight is 216 g/mol. The summed E-state index contributed by atoms with van der Waals surface area (Å²) in [6, 6.07) is 5.70. The molecule has 82 valence electrons. The van der Waals surface area contributed by atoms with E-state index >= 15 is 0 Å². The van der Waals surface area contributed by atoms with Crippen molar-refractivity contribution in [2.75, 3.05) is 0 Å². The number of carbonyl (C=O) groups is 1. The molecule has 1 saturated carbocycles. The first-order valence-corrected chi connectivity index (χ1v) is 5.38. The van der Waals surface area contributed by atoms with Crippen molar-refractivity contribution in [1.29, 1.82) is 0 Å². The lowest BCUT2D eigenvalue weighted by atomic mass is 10.2. The van der Waals surface area contributed by atoms with E-state index in [1.54, 1.807) is 23.7 Å². The molecule has 0 atom stereocenters. The van der Waals surface area contributed by atoms with Crippen molar-refractivity contribution in [3.8, 4) is 0 Å². The average Bonchev–Trinajstić information content (AvgIpc) is 3.09. The highest BCUT2D eigenvalue weighted by molar-refractivity contribution is 5.85. The molecule has 0 bridgehead atoms. The standard InChI is InChI=1S/C12H12N2O2/c1-13-10-5-2-8(7-15)6-11(10)14(12(13)16)9-3-4-9/h2,5-7,9H,3-4H2,1H3. The Bertz CT molecular complexity index is 632. The van der Waals surface area contributed by atoms with Crippen molar-refractivity contribution < 1.29 is 4.79 Å². The summed E-state index contributed by atoms with van der Waals surface area (Å²) in [6.07, 6.45) is 2.93. The Hall–Kier alpha value is -1.84. The van der Waals surface area contributed by atoms with E-state index in [9.17, 15) is 9.59 Å². The summed E-state index contributed by atoms with van der Waals surface area (Å²) in [5.74, 6) is 0. The first kappa shape index (κ1) is 9.39. The van der Waals surface area contributed by atoms with Gasteiger partial charge < -0.3 is 0 Å². The van der Waals surface area contributed by atoms with Crippen LogP contribution in [0.2, 0.25) is 0 Å². The zero-order valence-electron chi connectivity index (χ0n) is 9.01. The lowest BCUT2D eigenvalue weighted by Crippen LogP contribution is -2.21. The van der Waals surface area contributed by atoms with Gasteiger partial charge in [-0.05, 0) is 31.0 Å². The van der Waals surface area contributed by atoms with Crippen LogP contribution in [0.3, 0.4) is 0 Å². The predicted octanol–water partition coefficient (Wildman–Crippen LogP) is 1.49. The number of nitrogens with zero attached hydrogens (tertiary/aromatic N) is 2. The van der Waals surface area contributed by atoms with Crippen LogP contribution >= 0.6 is 0 Å². The number of hydrogen-bond donors (Lipinski definition) is 0. The number of rotatable bonds is 2. The highest BCUT2D eigenvalue weighted by Crippen LogP contribution is 2.36. The van der Waals surface area contributed by atoms with Crippen LogP contribution in [0.25, 0.3) is 11.0 Å². The van der Waals surface area contributed by atoms with Crippen molar-refractivity contribution in [3.05, 3.63) is 34.2 Å². The fourth-order valence-electron chi connectivity index (χ4n) is 2.14. The Morgan fingerprint density at radius 3 is 2.69 bits per heavy atom. The topological polar surface area (TPSA) is 44.0 Å². The van der Waals surface area contributed by atoms with Crippen LogP contribution in [-0.2, 0) is 7.05 Å². The van der Waals surface area contributed by atoms with E-state index in [0.29, 0.717) is 11.6 Å². The van der Waals surface area contributed by atoms with Gasteiger partial charge in [0.15, 0.2) is 0 Å². The molecule has 2 aromatic rings. The third-order valence-electron chi connectivity index (χ3n) is 3.16. The van der Waals surface area contributed by atoms with Crippen LogP contribution in [0.5, 0.6) is 0 Å². The van der Waals surface area contributed by atoms with Crippen LogP contribution in [0, 0.1) is 0 Å². The monoisotopic (exact) mass is 216 g/mol. The Morgan fingerprint density at radius 2 is 2.06 bits per heavy atom. The number of aromatic nitrogens is 2. The van der Waals surface area contributed by atoms with Gasteiger partial charge in [0.05, 0.1) is 11.0 Å². The maximum Gasteiger partial charge on any atom is 0.329 e. The molecule has 0 aliphatic heterocycles. The van der Waals surface area contributed by atoms with Crippen molar-refractivity contribution in [1.82, 2.24) is 9.13 Å². The summed E-state index contributed by atoms with van der Waals surface area (Å²) in [6.45, 7) is 0. The molecule has 0 amide bonds. The maximum absolute atomic E-state index is 12.0. The Labute approximate surface area is 92.1 Å². The lowest BCUT2D eigenvalue weighted by Gasteiger charge is -1.99. The maximum atomic E-state index is 12.0. The predicted molar refractivity (Wildman–Crippen MR) is 60.8 cm³/mol. The van der Waals surface area contributed by atoms with Gasteiger partial charge in [-0.25, -0.2) is 4.79 Å². The molecule has 1 aromatic carbocycles. The van der Waals surface area contributed by atoms with Crippen molar-refractivity contribution in [2.45, 2.75) is 18.9 Å². The van der Waals surface area contributed by atoms with E-state index in [0.717, 1.165) is 30.2 Å². The third-order valence-corrected chi connectivity index (χ3v) is 3.16. The zero-order chi connectivity index (χ0) is 11.3. The summed E-state index contributed by atoms with van der Waals surface area (Å²) in [5.41, 5.74) is 2.40. The fourth-order valence-corrected chi connectivity index (χ4v) is 2.14. The number of hydrogen-bond acceptors (Lipinski definition) is 2. The van der Waals surface area contributed by atoms with E-state index in [-0.39, 0.29) is 5.69 Å². The molecular formula is C12H12N2O2. The van der Waals surface area contributed by atoms with E-state index < -0.39 is 0 Å². The van der Waals surface area contributed by atoms with E-state index in [4.69, 9.17) is 0 Å². The summed E-state index contributed by atoms with van der Waals surface area (Å²) in [7, 11) is 1.77. The molecule has 1 aliphatic rings. The minimum atomic E-state index is 0.0144. The second kappa shape index (κ2) is 3.07. The molecule has 1 heterocycles. The number of fused-ring (bicyclic) bond motifs is 1. The van der Waals surface area contributed by atoms with Gasteiger partial charge in [0.2, 0.25) is 0 Å². The molecule has 0 radical (unpaired) electrons. The van der Waals surface area contributed by atoms with Crippen LogP contribution in [0.15, 0.2) is 23.0 Å². The quantitative estimate of drug-likeness (QED) is 0.714. The highest BCUT2D eigenvalue weighted by atomic mass is 16.1. The van der Waals surface area contributed by atoms with Gasteiger partial charge in [0.1, 0.15) is 6.29 Å². The zero-order valence-corrected chi connectivity index (χ0v) is 9.01. The third kappa shape index (κ3) is 1.16. The molecule has 0 unspecified atom stereocenters. The SMILES string of the molecule is Cn1c(=O)n(C2CC2)c2cc(C=O)ccc21. The summed E-state index contributed by atoms with van der Waals surface area (Å²) in [4.78, 5) is 22.8. The van der Waals surface area contributed by atoms with Gasteiger partial charge in [0.25, 0.3) is 0 Å². The van der Waals surface area contributed by atoms with E-state index in [2.05, 4.69) is 0 Å². The summed E-state index contributed by atoms with van der Waals surface area (Å²) in [5, 5.41) is 0. The van der Waals surface area contributed by atoms with Crippen molar-refractivity contribution in [2.24, 2.45) is 7.05 Å². The van der Waals surface area contributed by atoms with Gasteiger partial charge in [-0.2, -0.15) is 0 Å². The second-order valence-corrected chi connectivity index (χ2v) is 4.31. The Balaban J connectivity index is 2.41. The van der Waals surface area contributed by atoms with Crippen LogP contribution in [0.1, 0.15) is 29.2 Å². The summed E-state index contributed by atoms with van der Waals surface area (Å²) < 4.78 is 3.45. The normalized spacial score (nSPS) is 15.6. The first-order chi connectivity index (χ1) is 7.72. The van der Waals surface area contributed by atoms with E-state index in [1.165, 1.54) is 0 Å². The highest BCUT2D eigenvalue weighted by Gasteiger charge is 2.28. The molecule has 1 aliphatic carbocycles. The Morgan fingerprint density at radius 1 is 1.31 bits per heavy atom. The molecular weight excluding hydrogens is 204 g/mol. The van der Waals surface area contributed by atoms with Crippen LogP contribution in [0.4, 0.5) is 0 Å². The van der Waals surface area contributed by atoms with Gasteiger partial charge in [-0.15, -0.1) is 0 Å². The summed E-state index contributed by atoms with van der Waals surface area (Å²) >= 11 is 0. The fraction of sp³-hybridized carbons (Fsp3) is 0.333. The number of aldehydes is 1. The van der Waals surface area contributed by atoms with Crippen LogP contribution in [-0.4, -0.2) is 15.4 Å². The van der Waals surface area contributed by atoms with Crippen molar-refractivity contribution in [3.63, 3.8) is 0 Å². The molecule has 4 heteroatoms. The lowest BCUT2D eigenvalue weighted by molar-refractivity contribution is 0.112. The molecule has 1 fully saturated rings. The number of carbonyl (C=O) groups excluding carboxylic acids is 1. The van der Waals surface area contributed by atoms with Crippen LogP contribution < -0.4 is 5.69 Å². The van der Waals surface area contributed by atoms with Crippen molar-refractivity contribution >= 4 is 17.3 Å². The van der Waals surface area contributed by atoms with Gasteiger partial charge in [-0.3, -0.25) is 13.9 Å². The molecule has 16 heavy (non-hydrogen) atoms. The largest absolute Gasteiger partial charge is 0.329 e. The Kier molecular flexibility index (Phi) is 1.80. The van der Waals surface area contributed by atoms with E-state index in [1.807, 2.05) is 10.6 Å². The number of aryl methyl sites for hydroxylation is 1. The van der Waals surface area contributed by atoms with Gasteiger partial charge in [-0.1, -0.05) is 0 Å². The molecule has 1 aromatic heterocycles.